The molecule has 1 heterocycles. The van der Waals surface area contributed by atoms with Crippen LogP contribution in [0.4, 0.5) is 5.69 Å². The number of thioether (sulfide) groups is 1. The minimum absolute atomic E-state index is 0.174. The van der Waals surface area contributed by atoms with Crippen molar-refractivity contribution in [2.24, 2.45) is 0 Å². The summed E-state index contributed by atoms with van der Waals surface area (Å²) < 4.78 is 7.51. The number of rotatable bonds is 6. The van der Waals surface area contributed by atoms with Crippen molar-refractivity contribution in [3.63, 3.8) is 0 Å². The highest BCUT2D eigenvalue weighted by Gasteiger charge is 2.17. The molecule has 9 heteroatoms. The van der Waals surface area contributed by atoms with Gasteiger partial charge in [0.25, 0.3) is 0 Å². The molecule has 0 saturated heterocycles. The third kappa shape index (κ3) is 5.59. The van der Waals surface area contributed by atoms with E-state index in [-0.39, 0.29) is 11.7 Å². The smallest absolute Gasteiger partial charge is 0.234 e. The summed E-state index contributed by atoms with van der Waals surface area (Å²) in [5.41, 5.74) is 3.30. The number of carbonyl (C=O) groups is 1. The zero-order valence-electron chi connectivity index (χ0n) is 15.5. The van der Waals surface area contributed by atoms with Crippen molar-refractivity contribution in [2.45, 2.75) is 12.1 Å². The molecule has 29 heavy (non-hydrogen) atoms. The van der Waals surface area contributed by atoms with Gasteiger partial charge in [-0.25, -0.2) is 9.97 Å². The minimum Gasteiger partial charge on any atom is -0.494 e. The van der Waals surface area contributed by atoms with Crippen molar-refractivity contribution in [1.82, 2.24) is 9.97 Å². The van der Waals surface area contributed by atoms with Crippen molar-refractivity contribution in [3.05, 3.63) is 61.6 Å². The molecule has 3 aromatic rings. The lowest BCUT2D eigenvalue weighted by Gasteiger charge is -2.14. The largest absolute Gasteiger partial charge is 0.494 e. The van der Waals surface area contributed by atoms with Crippen LogP contribution in [0.1, 0.15) is 5.69 Å². The molecule has 1 N–H and O–H groups in total. The Kier molecular flexibility index (Phi) is 7.72. The van der Waals surface area contributed by atoms with E-state index in [1.165, 1.54) is 11.8 Å². The quantitative estimate of drug-likeness (QED) is 0.259. The number of benzene rings is 2. The van der Waals surface area contributed by atoms with E-state index in [1.807, 2.05) is 49.4 Å². The van der Waals surface area contributed by atoms with Gasteiger partial charge in [0.1, 0.15) is 5.75 Å². The van der Waals surface area contributed by atoms with Crippen LogP contribution >= 0.6 is 59.6 Å². The predicted molar refractivity (Wildman–Crippen MR) is 128 cm³/mol. The first kappa shape index (κ1) is 22.3. The van der Waals surface area contributed by atoms with Crippen molar-refractivity contribution in [2.75, 3.05) is 18.2 Å². The third-order valence-corrected chi connectivity index (χ3v) is 6.65. The third-order valence-electron chi connectivity index (χ3n) is 3.83. The fraction of sp³-hybridized carbons (Fsp3) is 0.150. The van der Waals surface area contributed by atoms with Gasteiger partial charge in [-0.05, 0) is 66.8 Å². The van der Waals surface area contributed by atoms with E-state index < -0.39 is 0 Å². The average molecular weight is 602 g/mol. The second kappa shape index (κ2) is 10.1. The summed E-state index contributed by atoms with van der Waals surface area (Å²) in [5, 5.41) is 3.46. The molecule has 1 aromatic heterocycles. The SMILES string of the molecule is COc1c(Br)cc(Br)c(NC(=O)CSc2nc(C)cc(-c3ccccc3)n2)c1Br. The molecule has 5 nitrogen and oxygen atoms in total. The fourth-order valence-electron chi connectivity index (χ4n) is 2.54. The van der Waals surface area contributed by atoms with Gasteiger partial charge in [0.2, 0.25) is 5.91 Å². The van der Waals surface area contributed by atoms with Gasteiger partial charge >= 0.3 is 0 Å². The highest BCUT2D eigenvalue weighted by atomic mass is 79.9. The van der Waals surface area contributed by atoms with Gasteiger partial charge < -0.3 is 10.1 Å². The number of aromatic nitrogens is 2. The molecular weight excluding hydrogens is 586 g/mol. The van der Waals surface area contributed by atoms with Gasteiger partial charge in [-0.3, -0.25) is 4.79 Å². The Morgan fingerprint density at radius 1 is 1.10 bits per heavy atom. The second-order valence-electron chi connectivity index (χ2n) is 5.94. The molecule has 0 spiro atoms. The molecule has 0 saturated carbocycles. The Morgan fingerprint density at radius 2 is 1.83 bits per heavy atom. The van der Waals surface area contributed by atoms with Crippen LogP contribution in [0.3, 0.4) is 0 Å². The number of ether oxygens (including phenoxy) is 1. The number of amides is 1. The lowest BCUT2D eigenvalue weighted by Crippen LogP contribution is -2.15. The maximum absolute atomic E-state index is 12.5. The lowest BCUT2D eigenvalue weighted by molar-refractivity contribution is -0.113. The number of aryl methyl sites for hydroxylation is 1. The van der Waals surface area contributed by atoms with Crippen LogP contribution in [0.2, 0.25) is 0 Å². The molecule has 0 bridgehead atoms. The standard InChI is InChI=1S/C20H16Br3N3O2S/c1-11-8-15(12-6-4-3-5-7-12)25-20(24-11)29-10-16(27)26-18-13(21)9-14(22)19(28-2)17(18)23/h3-9H,10H2,1-2H3,(H,26,27). The molecule has 2 aromatic carbocycles. The number of hydrogen-bond acceptors (Lipinski definition) is 5. The van der Waals surface area contributed by atoms with Gasteiger partial charge in [-0.15, -0.1) is 0 Å². The zero-order valence-corrected chi connectivity index (χ0v) is 21.1. The van der Waals surface area contributed by atoms with Crippen LogP contribution in [0, 0.1) is 6.92 Å². The highest BCUT2D eigenvalue weighted by molar-refractivity contribution is 9.11. The van der Waals surface area contributed by atoms with E-state index in [0.717, 1.165) is 25.9 Å². The molecule has 0 fully saturated rings. The molecular formula is C20H16Br3N3O2S. The van der Waals surface area contributed by atoms with Crippen molar-refractivity contribution >= 4 is 71.1 Å². The monoisotopic (exact) mass is 599 g/mol. The van der Waals surface area contributed by atoms with Crippen LogP contribution < -0.4 is 10.1 Å². The van der Waals surface area contributed by atoms with Gasteiger partial charge in [0.15, 0.2) is 5.16 Å². The second-order valence-corrected chi connectivity index (χ2v) is 9.39. The number of anilines is 1. The number of halogens is 3. The number of nitrogens with one attached hydrogen (secondary N) is 1. The summed E-state index contributed by atoms with van der Waals surface area (Å²) in [6.07, 6.45) is 0. The Labute approximate surface area is 198 Å². The van der Waals surface area contributed by atoms with Crippen molar-refractivity contribution in [3.8, 4) is 17.0 Å². The van der Waals surface area contributed by atoms with Crippen LogP contribution in [0.25, 0.3) is 11.3 Å². The highest BCUT2D eigenvalue weighted by Crippen LogP contribution is 2.43. The number of nitrogens with zero attached hydrogens (tertiary/aromatic N) is 2. The average Bonchev–Trinajstić information content (AvgIpc) is 2.70. The Hall–Kier alpha value is -1.42. The van der Waals surface area contributed by atoms with Crippen LogP contribution in [0.5, 0.6) is 5.75 Å². The van der Waals surface area contributed by atoms with Crippen LogP contribution in [0.15, 0.2) is 61.0 Å². The number of methoxy groups -OCH3 is 1. The van der Waals surface area contributed by atoms with Crippen molar-refractivity contribution in [1.29, 1.82) is 0 Å². The van der Waals surface area contributed by atoms with Crippen LogP contribution in [-0.4, -0.2) is 28.7 Å². The summed E-state index contributed by atoms with van der Waals surface area (Å²) in [6.45, 7) is 1.92. The number of carbonyl (C=O) groups excluding carboxylic acids is 1. The first-order chi connectivity index (χ1) is 13.9. The first-order valence-electron chi connectivity index (χ1n) is 8.44. The molecule has 0 unspecified atom stereocenters. The van der Waals surface area contributed by atoms with E-state index in [9.17, 15) is 4.79 Å². The van der Waals surface area contributed by atoms with E-state index in [4.69, 9.17) is 4.74 Å². The molecule has 3 rings (SSSR count). The van der Waals surface area contributed by atoms with Gasteiger partial charge in [-0.1, -0.05) is 42.1 Å². The Morgan fingerprint density at radius 3 is 2.52 bits per heavy atom. The van der Waals surface area contributed by atoms with E-state index >= 15 is 0 Å². The minimum atomic E-state index is -0.174. The molecule has 0 aliphatic carbocycles. The number of hydrogen-bond donors (Lipinski definition) is 1. The maximum Gasteiger partial charge on any atom is 0.234 e. The summed E-state index contributed by atoms with van der Waals surface area (Å²) in [5.74, 6) is 0.604. The predicted octanol–water partition coefficient (Wildman–Crippen LogP) is 6.48. The molecule has 0 aliphatic rings. The van der Waals surface area contributed by atoms with E-state index in [2.05, 4.69) is 63.1 Å². The molecule has 0 aliphatic heterocycles. The van der Waals surface area contributed by atoms with E-state index in [0.29, 0.717) is 21.1 Å². The van der Waals surface area contributed by atoms with Gasteiger partial charge in [-0.2, -0.15) is 0 Å². The Balaban J connectivity index is 1.73. The summed E-state index contributed by atoms with van der Waals surface area (Å²) in [7, 11) is 1.57. The summed E-state index contributed by atoms with van der Waals surface area (Å²) in [4.78, 5) is 21.6. The van der Waals surface area contributed by atoms with Gasteiger partial charge in [0.05, 0.1) is 33.2 Å². The normalized spacial score (nSPS) is 10.7. The molecule has 0 atom stereocenters. The first-order valence-corrected chi connectivity index (χ1v) is 11.8. The lowest BCUT2D eigenvalue weighted by atomic mass is 10.1. The fourth-order valence-corrected chi connectivity index (χ4v) is 5.89. The molecule has 0 radical (unpaired) electrons. The summed E-state index contributed by atoms with van der Waals surface area (Å²) in [6, 6.07) is 13.6. The molecule has 150 valence electrons. The van der Waals surface area contributed by atoms with E-state index in [1.54, 1.807) is 7.11 Å². The summed E-state index contributed by atoms with van der Waals surface area (Å²) >= 11 is 11.7. The van der Waals surface area contributed by atoms with Crippen LogP contribution in [-0.2, 0) is 4.79 Å². The van der Waals surface area contributed by atoms with Gasteiger partial charge in [0, 0.05) is 15.7 Å². The maximum atomic E-state index is 12.5. The zero-order chi connectivity index (χ0) is 21.0. The molecule has 1 amide bonds. The van der Waals surface area contributed by atoms with Crippen molar-refractivity contribution < 1.29 is 9.53 Å². The topological polar surface area (TPSA) is 64.1 Å². The Bertz CT molecular complexity index is 1050.